The van der Waals surface area contributed by atoms with Crippen molar-refractivity contribution in [3.8, 4) is 0 Å². The van der Waals surface area contributed by atoms with Crippen LogP contribution in [0.15, 0.2) is 10.6 Å². The third-order valence-corrected chi connectivity index (χ3v) is 4.91. The number of hydrogen-bond donors (Lipinski definition) is 1. The maximum atomic E-state index is 12.6. The lowest BCUT2D eigenvalue weighted by atomic mass is 9.91. The summed E-state index contributed by atoms with van der Waals surface area (Å²) in [5.41, 5.74) is 1.05. The Bertz CT molecular complexity index is 541. The van der Waals surface area contributed by atoms with Crippen molar-refractivity contribution >= 4 is 11.8 Å². The third kappa shape index (κ3) is 4.14. The molecule has 1 saturated heterocycles. The van der Waals surface area contributed by atoms with Gasteiger partial charge in [-0.15, -0.1) is 0 Å². The van der Waals surface area contributed by atoms with Crippen LogP contribution < -0.4 is 5.32 Å². The van der Waals surface area contributed by atoms with Gasteiger partial charge in [-0.1, -0.05) is 38.8 Å². The van der Waals surface area contributed by atoms with E-state index < -0.39 is 0 Å². The fraction of sp³-hybridized carbons (Fsp3) is 0.778. The summed E-state index contributed by atoms with van der Waals surface area (Å²) in [5, 5.41) is 7.01. The van der Waals surface area contributed by atoms with Crippen molar-refractivity contribution in [3.63, 3.8) is 0 Å². The first-order valence-electron chi connectivity index (χ1n) is 8.94. The van der Waals surface area contributed by atoms with Crippen LogP contribution in [0.1, 0.15) is 65.0 Å². The zero-order chi connectivity index (χ0) is 16.4. The smallest absolute Gasteiger partial charge is 0.244 e. The number of carbonyl (C=O) groups is 1. The van der Waals surface area contributed by atoms with Gasteiger partial charge in [-0.2, -0.15) is 0 Å². The first kappa shape index (κ1) is 16.5. The fourth-order valence-corrected chi connectivity index (χ4v) is 3.95. The second-order valence-electron chi connectivity index (χ2n) is 8.24. The van der Waals surface area contributed by atoms with E-state index in [1.165, 1.54) is 25.7 Å². The van der Waals surface area contributed by atoms with Crippen LogP contribution in [0.2, 0.25) is 0 Å². The summed E-state index contributed by atoms with van der Waals surface area (Å²) in [5.74, 6) is 0.542. The first-order valence-corrected chi connectivity index (χ1v) is 8.94. The molecule has 5 heteroatoms. The molecule has 1 amide bonds. The molecule has 1 aliphatic carbocycles. The Hall–Kier alpha value is -1.36. The molecule has 1 unspecified atom stereocenters. The highest BCUT2D eigenvalue weighted by Gasteiger charge is 2.36. The van der Waals surface area contributed by atoms with E-state index in [4.69, 9.17) is 4.52 Å². The summed E-state index contributed by atoms with van der Waals surface area (Å²) in [6.07, 6.45) is 7.97. The van der Waals surface area contributed by atoms with Crippen LogP contribution in [-0.2, 0) is 11.2 Å². The van der Waals surface area contributed by atoms with Gasteiger partial charge < -0.3 is 4.52 Å². The fourth-order valence-electron chi connectivity index (χ4n) is 3.95. The minimum atomic E-state index is -0.00531. The lowest BCUT2D eigenvalue weighted by molar-refractivity contribution is -0.121. The molecular weight excluding hydrogens is 290 g/mol. The number of carbonyl (C=O) groups excluding carboxylic acids is 1. The van der Waals surface area contributed by atoms with E-state index in [1.54, 1.807) is 0 Å². The van der Waals surface area contributed by atoms with E-state index in [0.29, 0.717) is 11.9 Å². The largest absolute Gasteiger partial charge is 0.338 e. The van der Waals surface area contributed by atoms with Crippen molar-refractivity contribution in [2.75, 3.05) is 11.9 Å². The van der Waals surface area contributed by atoms with E-state index >= 15 is 0 Å². The van der Waals surface area contributed by atoms with Gasteiger partial charge >= 0.3 is 0 Å². The highest BCUT2D eigenvalue weighted by atomic mass is 16.5. The van der Waals surface area contributed by atoms with Crippen LogP contribution in [0.4, 0.5) is 5.88 Å². The van der Waals surface area contributed by atoms with Gasteiger partial charge in [-0.3, -0.25) is 15.0 Å². The van der Waals surface area contributed by atoms with Crippen molar-refractivity contribution in [2.45, 2.75) is 77.8 Å². The predicted molar refractivity (Wildman–Crippen MR) is 90.3 cm³/mol. The predicted octanol–water partition coefficient (Wildman–Crippen LogP) is 3.61. The molecule has 1 aromatic rings. The molecule has 1 aliphatic heterocycles. The highest BCUT2D eigenvalue weighted by molar-refractivity contribution is 5.93. The summed E-state index contributed by atoms with van der Waals surface area (Å²) in [4.78, 5) is 15.0. The van der Waals surface area contributed by atoms with Gasteiger partial charge in [0.25, 0.3) is 0 Å². The molecule has 128 valence electrons. The molecule has 0 bridgehead atoms. The minimum Gasteiger partial charge on any atom is -0.338 e. The molecule has 0 radical (unpaired) electrons. The second-order valence-corrected chi connectivity index (χ2v) is 8.24. The van der Waals surface area contributed by atoms with E-state index in [1.807, 2.05) is 6.07 Å². The van der Waals surface area contributed by atoms with Crippen LogP contribution in [0.25, 0.3) is 0 Å². The number of anilines is 1. The normalized spacial score (nSPS) is 23.5. The molecule has 0 aromatic carbocycles. The van der Waals surface area contributed by atoms with Gasteiger partial charge in [-0.25, -0.2) is 0 Å². The van der Waals surface area contributed by atoms with Gasteiger partial charge in [0.05, 0.1) is 11.7 Å². The number of hydrogen-bond acceptors (Lipinski definition) is 4. The lowest BCUT2D eigenvalue weighted by Gasteiger charge is -2.29. The summed E-state index contributed by atoms with van der Waals surface area (Å²) in [7, 11) is 0. The standard InChI is InChI=1S/C18H29N3O2/c1-18(2,3)12-13-11-16(23-20-13)19-17(22)15-9-6-10-21(15)14-7-4-5-8-14/h11,14-15H,4-10,12H2,1-3H3,(H,19,22). The molecule has 5 nitrogen and oxygen atoms in total. The van der Waals surface area contributed by atoms with Gasteiger partial charge in [0, 0.05) is 12.1 Å². The molecule has 2 aliphatic rings. The van der Waals surface area contributed by atoms with Crippen LogP contribution in [-0.4, -0.2) is 34.6 Å². The molecule has 2 heterocycles. The Morgan fingerprint density at radius 3 is 2.74 bits per heavy atom. The number of nitrogens with one attached hydrogen (secondary N) is 1. The number of rotatable bonds is 4. The lowest BCUT2D eigenvalue weighted by Crippen LogP contribution is -2.44. The maximum Gasteiger partial charge on any atom is 0.244 e. The summed E-state index contributed by atoms with van der Waals surface area (Å²) in [6.45, 7) is 7.54. The van der Waals surface area contributed by atoms with Gasteiger partial charge in [0.2, 0.25) is 11.8 Å². The van der Waals surface area contributed by atoms with E-state index in [-0.39, 0.29) is 17.4 Å². The van der Waals surface area contributed by atoms with Gasteiger partial charge in [0.15, 0.2) is 0 Å². The Morgan fingerprint density at radius 1 is 1.30 bits per heavy atom. The molecular formula is C18H29N3O2. The minimum absolute atomic E-state index is 0.00531. The molecule has 0 spiro atoms. The SMILES string of the molecule is CC(C)(C)Cc1cc(NC(=O)C2CCCN2C2CCCC2)on1. The Morgan fingerprint density at radius 2 is 2.04 bits per heavy atom. The molecule has 3 rings (SSSR count). The Balaban J connectivity index is 1.60. The average Bonchev–Trinajstić information content (AvgIpc) is 3.17. The number of nitrogens with zero attached hydrogens (tertiary/aromatic N) is 2. The van der Waals surface area contributed by atoms with Crippen molar-refractivity contribution in [3.05, 3.63) is 11.8 Å². The van der Waals surface area contributed by atoms with E-state index in [9.17, 15) is 4.79 Å². The zero-order valence-electron chi connectivity index (χ0n) is 14.6. The second kappa shape index (κ2) is 6.63. The summed E-state index contributed by atoms with van der Waals surface area (Å²) < 4.78 is 5.30. The molecule has 2 fully saturated rings. The van der Waals surface area contributed by atoms with E-state index in [0.717, 1.165) is 31.5 Å². The molecule has 1 N–H and O–H groups in total. The Labute approximate surface area is 138 Å². The van der Waals surface area contributed by atoms with Crippen molar-refractivity contribution in [1.29, 1.82) is 0 Å². The van der Waals surface area contributed by atoms with Crippen LogP contribution in [0, 0.1) is 5.41 Å². The van der Waals surface area contributed by atoms with Crippen LogP contribution in [0.3, 0.4) is 0 Å². The number of aromatic nitrogens is 1. The van der Waals surface area contributed by atoms with Gasteiger partial charge in [-0.05, 0) is 44.1 Å². The highest BCUT2D eigenvalue weighted by Crippen LogP contribution is 2.30. The third-order valence-electron chi connectivity index (χ3n) is 4.91. The van der Waals surface area contributed by atoms with Gasteiger partial charge in [0.1, 0.15) is 0 Å². The van der Waals surface area contributed by atoms with Crippen LogP contribution in [0.5, 0.6) is 0 Å². The average molecular weight is 319 g/mol. The number of likely N-dealkylation sites (tertiary alicyclic amines) is 1. The molecule has 1 atom stereocenters. The van der Waals surface area contributed by atoms with Crippen molar-refractivity contribution in [2.24, 2.45) is 5.41 Å². The zero-order valence-corrected chi connectivity index (χ0v) is 14.6. The monoisotopic (exact) mass is 319 g/mol. The number of amides is 1. The summed E-state index contributed by atoms with van der Waals surface area (Å²) >= 11 is 0. The van der Waals surface area contributed by atoms with Crippen LogP contribution >= 0.6 is 0 Å². The maximum absolute atomic E-state index is 12.6. The topological polar surface area (TPSA) is 58.4 Å². The molecule has 1 saturated carbocycles. The molecule has 1 aromatic heterocycles. The quantitative estimate of drug-likeness (QED) is 0.921. The molecule has 23 heavy (non-hydrogen) atoms. The van der Waals surface area contributed by atoms with E-state index in [2.05, 4.69) is 36.1 Å². The van der Waals surface area contributed by atoms with Crippen molar-refractivity contribution in [1.82, 2.24) is 10.1 Å². The summed E-state index contributed by atoms with van der Waals surface area (Å²) in [6, 6.07) is 2.45. The first-order chi connectivity index (χ1) is 10.9. The van der Waals surface area contributed by atoms with Crippen molar-refractivity contribution < 1.29 is 9.32 Å². The Kier molecular flexibility index (Phi) is 4.76.